The predicted molar refractivity (Wildman–Crippen MR) is 110 cm³/mol. The molecule has 0 aliphatic carbocycles. The van der Waals surface area contributed by atoms with Crippen LogP contribution in [0.5, 0.6) is 0 Å². The first kappa shape index (κ1) is 18.1. The Morgan fingerprint density at radius 1 is 0.967 bits per heavy atom. The molecule has 0 bridgehead atoms. The Hall–Kier alpha value is -4.00. The number of benzene rings is 3. The summed E-state index contributed by atoms with van der Waals surface area (Å²) in [6.45, 7) is 0.339. The van der Waals surface area contributed by atoms with Crippen molar-refractivity contribution in [1.29, 1.82) is 0 Å². The average Bonchev–Trinajstić information content (AvgIpc) is 3.19. The van der Waals surface area contributed by atoms with Crippen LogP contribution in [0.1, 0.15) is 11.1 Å². The lowest BCUT2D eigenvalue weighted by Crippen LogP contribution is -2.22. The van der Waals surface area contributed by atoms with E-state index < -0.39 is 11.9 Å². The second-order valence-electron chi connectivity index (χ2n) is 7.19. The highest BCUT2D eigenvalue weighted by Crippen LogP contribution is 2.40. The van der Waals surface area contributed by atoms with Gasteiger partial charge in [-0.1, -0.05) is 48.5 Å². The molecule has 0 atom stereocenters. The van der Waals surface area contributed by atoms with Crippen molar-refractivity contribution >= 4 is 16.9 Å². The molecule has 6 nitrogen and oxygen atoms in total. The number of halogens is 1. The molecule has 7 heteroatoms. The fourth-order valence-electron chi connectivity index (χ4n) is 4.10. The standard InChI is InChI=1S/C23H16FN3O3/c24-19-10-9-13-11-27(23(29)30)12-18(13)20(19)14-5-1-2-6-15(14)21-16-7-3-4-8-17(16)22(28)26-25-21/h1-10H,11-12H2,(H,26,28)(H,29,30). The smallest absolute Gasteiger partial charge is 0.407 e. The lowest BCUT2D eigenvalue weighted by atomic mass is 9.91. The molecule has 0 saturated heterocycles. The van der Waals surface area contributed by atoms with Crippen molar-refractivity contribution in [2.24, 2.45) is 0 Å². The fraction of sp³-hybridized carbons (Fsp3) is 0.0870. The minimum atomic E-state index is -1.04. The number of nitrogens with one attached hydrogen (secondary N) is 1. The van der Waals surface area contributed by atoms with Crippen molar-refractivity contribution < 1.29 is 14.3 Å². The number of aromatic nitrogens is 2. The molecule has 0 unspecified atom stereocenters. The normalized spacial score (nSPS) is 12.9. The molecule has 1 aliphatic rings. The van der Waals surface area contributed by atoms with E-state index >= 15 is 4.39 Å². The fourth-order valence-corrected chi connectivity index (χ4v) is 4.10. The van der Waals surface area contributed by atoms with Gasteiger partial charge in [0.2, 0.25) is 0 Å². The summed E-state index contributed by atoms with van der Waals surface area (Å²) in [6.07, 6.45) is -1.04. The van der Waals surface area contributed by atoms with Gasteiger partial charge in [0, 0.05) is 23.1 Å². The largest absolute Gasteiger partial charge is 0.465 e. The van der Waals surface area contributed by atoms with Gasteiger partial charge in [-0.25, -0.2) is 14.3 Å². The van der Waals surface area contributed by atoms with Crippen molar-refractivity contribution in [3.8, 4) is 22.4 Å². The molecule has 3 aromatic carbocycles. The summed E-state index contributed by atoms with van der Waals surface area (Å²) in [5, 5.41) is 17.3. The van der Waals surface area contributed by atoms with Crippen LogP contribution in [0.3, 0.4) is 0 Å². The van der Waals surface area contributed by atoms with Gasteiger partial charge in [-0.05, 0) is 28.8 Å². The van der Waals surface area contributed by atoms with Crippen LogP contribution in [-0.2, 0) is 13.1 Å². The lowest BCUT2D eigenvalue weighted by Gasteiger charge is -2.15. The van der Waals surface area contributed by atoms with Gasteiger partial charge in [0.1, 0.15) is 5.82 Å². The highest BCUT2D eigenvalue weighted by Gasteiger charge is 2.28. The molecule has 148 valence electrons. The van der Waals surface area contributed by atoms with Gasteiger partial charge in [-0.15, -0.1) is 0 Å². The Labute approximate surface area is 170 Å². The van der Waals surface area contributed by atoms with E-state index in [9.17, 15) is 14.7 Å². The zero-order valence-corrected chi connectivity index (χ0v) is 15.7. The number of nitrogens with zero attached hydrogens (tertiary/aromatic N) is 2. The molecule has 0 spiro atoms. The molecular formula is C23H16FN3O3. The van der Waals surface area contributed by atoms with Gasteiger partial charge in [0.05, 0.1) is 17.6 Å². The predicted octanol–water partition coefficient (Wildman–Crippen LogP) is 4.39. The maximum Gasteiger partial charge on any atom is 0.407 e. The summed E-state index contributed by atoms with van der Waals surface area (Å²) < 4.78 is 15.1. The number of fused-ring (bicyclic) bond motifs is 2. The van der Waals surface area contributed by atoms with Gasteiger partial charge in [-0.2, -0.15) is 5.10 Å². The number of hydrogen-bond acceptors (Lipinski definition) is 3. The van der Waals surface area contributed by atoms with E-state index in [1.165, 1.54) is 11.0 Å². The third-order valence-corrected chi connectivity index (χ3v) is 5.49. The van der Waals surface area contributed by atoms with Gasteiger partial charge >= 0.3 is 6.09 Å². The van der Waals surface area contributed by atoms with Gasteiger partial charge < -0.3 is 5.11 Å². The van der Waals surface area contributed by atoms with Crippen LogP contribution in [0, 0.1) is 5.82 Å². The summed E-state index contributed by atoms with van der Waals surface area (Å²) in [4.78, 5) is 24.9. The van der Waals surface area contributed by atoms with E-state index in [0.717, 1.165) is 5.56 Å². The van der Waals surface area contributed by atoms with Crippen LogP contribution < -0.4 is 5.56 Å². The summed E-state index contributed by atoms with van der Waals surface area (Å²) >= 11 is 0. The summed E-state index contributed by atoms with van der Waals surface area (Å²) in [5.41, 5.74) is 3.29. The number of H-pyrrole nitrogens is 1. The van der Waals surface area contributed by atoms with Crippen LogP contribution in [0.2, 0.25) is 0 Å². The van der Waals surface area contributed by atoms with E-state index in [2.05, 4.69) is 10.2 Å². The van der Waals surface area contributed by atoms with Crippen molar-refractivity contribution in [3.63, 3.8) is 0 Å². The summed E-state index contributed by atoms with van der Waals surface area (Å²) in [7, 11) is 0. The van der Waals surface area contributed by atoms with E-state index in [0.29, 0.717) is 38.7 Å². The highest BCUT2D eigenvalue weighted by atomic mass is 19.1. The molecule has 0 radical (unpaired) electrons. The molecule has 0 fully saturated rings. The van der Waals surface area contributed by atoms with Gasteiger partial charge in [-0.3, -0.25) is 9.69 Å². The number of carboxylic acid groups (broad SMARTS) is 1. The molecule has 2 heterocycles. The van der Waals surface area contributed by atoms with Crippen LogP contribution in [-0.4, -0.2) is 26.3 Å². The Kier molecular flexibility index (Phi) is 4.10. The maximum atomic E-state index is 15.1. The number of hydrogen-bond donors (Lipinski definition) is 2. The quantitative estimate of drug-likeness (QED) is 0.522. The van der Waals surface area contributed by atoms with E-state index in [1.54, 1.807) is 30.3 Å². The Morgan fingerprint density at radius 2 is 1.67 bits per heavy atom. The topological polar surface area (TPSA) is 86.3 Å². The third kappa shape index (κ3) is 2.75. The molecule has 1 aromatic heterocycles. The summed E-state index contributed by atoms with van der Waals surface area (Å²) in [6, 6.07) is 17.4. The van der Waals surface area contributed by atoms with E-state index in [1.807, 2.05) is 24.3 Å². The molecule has 0 saturated carbocycles. The second kappa shape index (κ2) is 6.81. The second-order valence-corrected chi connectivity index (χ2v) is 7.19. The van der Waals surface area contributed by atoms with E-state index in [4.69, 9.17) is 0 Å². The number of carbonyl (C=O) groups is 1. The first-order valence-electron chi connectivity index (χ1n) is 9.40. The minimum absolute atomic E-state index is 0.117. The first-order valence-corrected chi connectivity index (χ1v) is 9.40. The Morgan fingerprint density at radius 3 is 2.43 bits per heavy atom. The number of aromatic amines is 1. The zero-order chi connectivity index (χ0) is 20.8. The first-order chi connectivity index (χ1) is 14.5. The third-order valence-electron chi connectivity index (χ3n) is 5.49. The monoisotopic (exact) mass is 401 g/mol. The molecule has 1 amide bonds. The van der Waals surface area contributed by atoms with Crippen LogP contribution in [0.25, 0.3) is 33.2 Å². The van der Waals surface area contributed by atoms with Crippen molar-refractivity contribution in [2.45, 2.75) is 13.1 Å². The van der Waals surface area contributed by atoms with Gasteiger partial charge in [0.15, 0.2) is 0 Å². The van der Waals surface area contributed by atoms with Gasteiger partial charge in [0.25, 0.3) is 5.56 Å². The van der Waals surface area contributed by atoms with Crippen molar-refractivity contribution in [2.75, 3.05) is 0 Å². The van der Waals surface area contributed by atoms with Crippen molar-refractivity contribution in [3.05, 3.63) is 88.0 Å². The van der Waals surface area contributed by atoms with Crippen molar-refractivity contribution in [1.82, 2.24) is 15.1 Å². The molecule has 4 aromatic rings. The van der Waals surface area contributed by atoms with E-state index in [-0.39, 0.29) is 18.6 Å². The van der Waals surface area contributed by atoms with Crippen LogP contribution >= 0.6 is 0 Å². The maximum absolute atomic E-state index is 15.1. The Bertz CT molecular complexity index is 1380. The Balaban J connectivity index is 1.77. The molecule has 1 aliphatic heterocycles. The molecular weight excluding hydrogens is 385 g/mol. The lowest BCUT2D eigenvalue weighted by molar-refractivity contribution is 0.145. The minimum Gasteiger partial charge on any atom is -0.465 e. The van der Waals surface area contributed by atoms with Crippen LogP contribution in [0.15, 0.2) is 65.5 Å². The summed E-state index contributed by atoms with van der Waals surface area (Å²) in [5.74, 6) is -0.429. The average molecular weight is 401 g/mol. The highest BCUT2D eigenvalue weighted by molar-refractivity contribution is 5.98. The zero-order valence-electron chi connectivity index (χ0n) is 15.7. The number of rotatable bonds is 2. The van der Waals surface area contributed by atoms with Crippen LogP contribution in [0.4, 0.5) is 9.18 Å². The SMILES string of the molecule is O=C(O)N1Cc2ccc(F)c(-c3ccccc3-c3n[nH]c(=O)c4ccccc34)c2C1. The molecule has 30 heavy (non-hydrogen) atoms. The molecule has 5 rings (SSSR count). The molecule has 2 N–H and O–H groups in total. The number of amides is 1.